The highest BCUT2D eigenvalue weighted by molar-refractivity contribution is 5.68. The Bertz CT molecular complexity index is 523. The van der Waals surface area contributed by atoms with E-state index in [0.29, 0.717) is 13.1 Å². The van der Waals surface area contributed by atoms with E-state index < -0.39 is 11.7 Å². The lowest BCUT2D eigenvalue weighted by molar-refractivity contribution is 0.0516. The van der Waals surface area contributed by atoms with E-state index in [9.17, 15) is 4.79 Å². The van der Waals surface area contributed by atoms with Gasteiger partial charge >= 0.3 is 6.09 Å². The van der Waals surface area contributed by atoms with Gasteiger partial charge in [0.25, 0.3) is 0 Å². The standard InChI is InChI=1S/C17H28N2O3/c1-12-9-13(21-6)7-8-14(12)17(5,10-18)11-19-15(20)22-16(2,3)4/h7-9H,10-11,18H2,1-6H3,(H,19,20). The SMILES string of the molecule is COc1ccc(C(C)(CN)CNC(=O)OC(C)(C)C)c(C)c1. The summed E-state index contributed by atoms with van der Waals surface area (Å²) in [6, 6.07) is 5.87. The van der Waals surface area contributed by atoms with E-state index in [-0.39, 0.29) is 5.41 Å². The number of alkyl carbamates (subject to hydrolysis) is 1. The lowest BCUT2D eigenvalue weighted by Gasteiger charge is -2.31. The van der Waals surface area contributed by atoms with Gasteiger partial charge in [0.15, 0.2) is 0 Å². The van der Waals surface area contributed by atoms with Crippen LogP contribution in [0.15, 0.2) is 18.2 Å². The molecule has 0 aromatic heterocycles. The molecule has 1 amide bonds. The molecular weight excluding hydrogens is 280 g/mol. The third kappa shape index (κ3) is 4.91. The predicted molar refractivity (Wildman–Crippen MR) is 88.4 cm³/mol. The van der Waals surface area contributed by atoms with Crippen LogP contribution in [0.2, 0.25) is 0 Å². The van der Waals surface area contributed by atoms with Crippen LogP contribution < -0.4 is 15.8 Å². The minimum Gasteiger partial charge on any atom is -0.497 e. The van der Waals surface area contributed by atoms with E-state index in [1.54, 1.807) is 7.11 Å². The zero-order chi connectivity index (χ0) is 17.0. The lowest BCUT2D eigenvalue weighted by Crippen LogP contribution is -2.45. The number of ether oxygens (including phenoxy) is 2. The first-order valence-corrected chi connectivity index (χ1v) is 7.43. The Morgan fingerprint density at radius 2 is 1.91 bits per heavy atom. The van der Waals surface area contributed by atoms with Crippen molar-refractivity contribution in [3.8, 4) is 5.75 Å². The minimum atomic E-state index is -0.515. The molecule has 5 nitrogen and oxygen atoms in total. The van der Waals surface area contributed by atoms with Crippen LogP contribution in [0.1, 0.15) is 38.8 Å². The molecule has 22 heavy (non-hydrogen) atoms. The maximum absolute atomic E-state index is 11.8. The van der Waals surface area contributed by atoms with Gasteiger partial charge in [0, 0.05) is 18.5 Å². The van der Waals surface area contributed by atoms with Crippen LogP contribution in [-0.4, -0.2) is 31.9 Å². The van der Waals surface area contributed by atoms with Gasteiger partial charge in [0.2, 0.25) is 0 Å². The zero-order valence-electron chi connectivity index (χ0n) is 14.4. The van der Waals surface area contributed by atoms with Crippen LogP contribution in [0.25, 0.3) is 0 Å². The number of hydrogen-bond acceptors (Lipinski definition) is 4. The summed E-state index contributed by atoms with van der Waals surface area (Å²) < 4.78 is 10.5. The largest absolute Gasteiger partial charge is 0.497 e. The third-order valence-corrected chi connectivity index (χ3v) is 3.56. The molecule has 124 valence electrons. The number of amides is 1. The summed E-state index contributed by atoms with van der Waals surface area (Å²) in [5.41, 5.74) is 7.26. The molecule has 1 rings (SSSR count). The van der Waals surface area contributed by atoms with Crippen molar-refractivity contribution in [3.05, 3.63) is 29.3 Å². The van der Waals surface area contributed by atoms with Gasteiger partial charge in [-0.3, -0.25) is 0 Å². The maximum atomic E-state index is 11.8. The van der Waals surface area contributed by atoms with Crippen LogP contribution in [0.5, 0.6) is 5.75 Å². The molecule has 5 heteroatoms. The van der Waals surface area contributed by atoms with Crippen molar-refractivity contribution < 1.29 is 14.3 Å². The second-order valence-electron chi connectivity index (χ2n) is 6.80. The van der Waals surface area contributed by atoms with Crippen molar-refractivity contribution in [1.29, 1.82) is 0 Å². The first-order chi connectivity index (χ1) is 10.1. The van der Waals surface area contributed by atoms with Crippen molar-refractivity contribution in [1.82, 2.24) is 5.32 Å². The Balaban J connectivity index is 2.86. The number of carbonyl (C=O) groups is 1. The van der Waals surface area contributed by atoms with Crippen molar-refractivity contribution in [2.45, 2.75) is 45.6 Å². The molecule has 0 heterocycles. The lowest BCUT2D eigenvalue weighted by atomic mass is 9.80. The van der Waals surface area contributed by atoms with E-state index in [1.807, 2.05) is 52.8 Å². The van der Waals surface area contributed by atoms with Crippen LogP contribution in [0.4, 0.5) is 4.79 Å². The fourth-order valence-electron chi connectivity index (χ4n) is 2.30. The summed E-state index contributed by atoms with van der Waals surface area (Å²) >= 11 is 0. The van der Waals surface area contributed by atoms with E-state index >= 15 is 0 Å². The van der Waals surface area contributed by atoms with Gasteiger partial charge in [-0.25, -0.2) is 4.79 Å². The average Bonchev–Trinajstić information content (AvgIpc) is 2.42. The number of nitrogens with two attached hydrogens (primary N) is 1. The molecule has 3 N–H and O–H groups in total. The number of methoxy groups -OCH3 is 1. The topological polar surface area (TPSA) is 73.6 Å². The van der Waals surface area contributed by atoms with Crippen molar-refractivity contribution in [3.63, 3.8) is 0 Å². The summed E-state index contributed by atoms with van der Waals surface area (Å²) in [5, 5.41) is 2.81. The highest BCUT2D eigenvalue weighted by Gasteiger charge is 2.28. The number of nitrogens with one attached hydrogen (secondary N) is 1. The Morgan fingerprint density at radius 1 is 1.27 bits per heavy atom. The summed E-state index contributed by atoms with van der Waals surface area (Å²) in [7, 11) is 1.64. The fourth-order valence-corrected chi connectivity index (χ4v) is 2.30. The molecule has 1 aromatic rings. The van der Waals surface area contributed by atoms with Crippen molar-refractivity contribution in [2.24, 2.45) is 5.73 Å². The Kier molecular flexibility index (Phi) is 5.83. The summed E-state index contributed by atoms with van der Waals surface area (Å²) in [4.78, 5) is 11.8. The second kappa shape index (κ2) is 7.01. The number of carbonyl (C=O) groups excluding carboxylic acids is 1. The number of hydrogen-bond donors (Lipinski definition) is 2. The summed E-state index contributed by atoms with van der Waals surface area (Å²) in [5.74, 6) is 0.806. The molecule has 0 aliphatic heterocycles. The van der Waals surface area contributed by atoms with Crippen molar-refractivity contribution >= 4 is 6.09 Å². The quantitative estimate of drug-likeness (QED) is 0.877. The Morgan fingerprint density at radius 3 is 2.36 bits per heavy atom. The van der Waals surface area contributed by atoms with Crippen LogP contribution in [0.3, 0.4) is 0 Å². The number of rotatable bonds is 5. The number of aryl methyl sites for hydroxylation is 1. The van der Waals surface area contributed by atoms with E-state index in [0.717, 1.165) is 16.9 Å². The van der Waals surface area contributed by atoms with Gasteiger partial charge < -0.3 is 20.5 Å². The van der Waals surface area contributed by atoms with Gasteiger partial charge in [0.05, 0.1) is 7.11 Å². The third-order valence-electron chi connectivity index (χ3n) is 3.56. The fraction of sp³-hybridized carbons (Fsp3) is 0.588. The molecule has 1 aromatic carbocycles. The minimum absolute atomic E-state index is 0.368. The predicted octanol–water partition coefficient (Wildman–Crippen LogP) is 2.74. The van der Waals surface area contributed by atoms with Gasteiger partial charge in [0.1, 0.15) is 11.4 Å². The Labute approximate surface area is 133 Å². The molecule has 0 aliphatic rings. The molecule has 0 aliphatic carbocycles. The summed E-state index contributed by atoms with van der Waals surface area (Å²) in [6.07, 6.45) is -0.432. The first-order valence-electron chi connectivity index (χ1n) is 7.43. The molecule has 0 fully saturated rings. The summed E-state index contributed by atoms with van der Waals surface area (Å²) in [6.45, 7) is 10.4. The first kappa shape index (κ1) is 18.3. The average molecular weight is 308 g/mol. The second-order valence-corrected chi connectivity index (χ2v) is 6.80. The van der Waals surface area contributed by atoms with Crippen molar-refractivity contribution in [2.75, 3.05) is 20.2 Å². The van der Waals surface area contributed by atoms with Gasteiger partial charge in [-0.1, -0.05) is 13.0 Å². The Hall–Kier alpha value is -1.75. The highest BCUT2D eigenvalue weighted by Crippen LogP contribution is 2.28. The highest BCUT2D eigenvalue weighted by atomic mass is 16.6. The maximum Gasteiger partial charge on any atom is 0.407 e. The molecule has 0 saturated heterocycles. The molecule has 0 radical (unpaired) electrons. The molecule has 0 saturated carbocycles. The van der Waals surface area contributed by atoms with Gasteiger partial charge in [-0.15, -0.1) is 0 Å². The van der Waals surface area contributed by atoms with E-state index in [2.05, 4.69) is 5.32 Å². The number of benzene rings is 1. The normalized spacial score (nSPS) is 14.1. The van der Waals surface area contributed by atoms with Gasteiger partial charge in [-0.05, 0) is 51.0 Å². The van der Waals surface area contributed by atoms with E-state index in [4.69, 9.17) is 15.2 Å². The smallest absolute Gasteiger partial charge is 0.407 e. The van der Waals surface area contributed by atoms with Crippen LogP contribution >= 0.6 is 0 Å². The van der Waals surface area contributed by atoms with E-state index in [1.165, 1.54) is 0 Å². The monoisotopic (exact) mass is 308 g/mol. The molecule has 1 atom stereocenters. The van der Waals surface area contributed by atoms with Crippen LogP contribution in [-0.2, 0) is 10.2 Å². The molecule has 1 unspecified atom stereocenters. The molecular formula is C17H28N2O3. The zero-order valence-corrected chi connectivity index (χ0v) is 14.4. The molecule has 0 spiro atoms. The van der Waals surface area contributed by atoms with Gasteiger partial charge in [-0.2, -0.15) is 0 Å². The van der Waals surface area contributed by atoms with Crippen LogP contribution in [0, 0.1) is 6.92 Å². The molecule has 0 bridgehead atoms.